The predicted molar refractivity (Wildman–Crippen MR) is 75.6 cm³/mol. The molecule has 1 amide bonds. The lowest BCUT2D eigenvalue weighted by Gasteiger charge is -2.18. The SMILES string of the molecule is Cc1c(C(=O)NC(CO)CC(C)C)cccc1[N+](=O)[O-]. The first kappa shape index (κ1) is 16.1. The quantitative estimate of drug-likeness (QED) is 0.616. The number of aliphatic hydroxyl groups is 1. The van der Waals surface area contributed by atoms with E-state index >= 15 is 0 Å². The van der Waals surface area contributed by atoms with Crippen molar-refractivity contribution >= 4 is 11.6 Å². The summed E-state index contributed by atoms with van der Waals surface area (Å²) in [4.78, 5) is 22.5. The van der Waals surface area contributed by atoms with Crippen LogP contribution in [0.15, 0.2) is 18.2 Å². The van der Waals surface area contributed by atoms with E-state index in [9.17, 15) is 20.0 Å². The lowest BCUT2D eigenvalue weighted by molar-refractivity contribution is -0.385. The summed E-state index contributed by atoms with van der Waals surface area (Å²) >= 11 is 0. The lowest BCUT2D eigenvalue weighted by Crippen LogP contribution is -2.38. The van der Waals surface area contributed by atoms with Crippen LogP contribution in [0.5, 0.6) is 0 Å². The number of carbonyl (C=O) groups is 1. The van der Waals surface area contributed by atoms with E-state index in [4.69, 9.17) is 0 Å². The Kier molecular flexibility index (Phi) is 5.64. The number of aliphatic hydroxyl groups excluding tert-OH is 1. The Morgan fingerprint density at radius 3 is 2.60 bits per heavy atom. The minimum Gasteiger partial charge on any atom is -0.394 e. The fourth-order valence-electron chi connectivity index (χ4n) is 2.08. The van der Waals surface area contributed by atoms with Gasteiger partial charge < -0.3 is 10.4 Å². The van der Waals surface area contributed by atoms with Crippen molar-refractivity contribution in [2.24, 2.45) is 5.92 Å². The molecule has 1 unspecified atom stereocenters. The average Bonchev–Trinajstić information content (AvgIpc) is 2.37. The first-order valence-corrected chi connectivity index (χ1v) is 6.52. The number of hydrogen-bond donors (Lipinski definition) is 2. The summed E-state index contributed by atoms with van der Waals surface area (Å²) in [6.07, 6.45) is 0.649. The number of nitro groups is 1. The molecule has 1 aromatic carbocycles. The second-order valence-corrected chi connectivity index (χ2v) is 5.19. The minimum atomic E-state index is -0.510. The number of amides is 1. The van der Waals surface area contributed by atoms with Crippen molar-refractivity contribution < 1.29 is 14.8 Å². The van der Waals surface area contributed by atoms with Gasteiger partial charge in [0.2, 0.25) is 0 Å². The van der Waals surface area contributed by atoms with Gasteiger partial charge in [-0.2, -0.15) is 0 Å². The minimum absolute atomic E-state index is 0.0814. The van der Waals surface area contributed by atoms with Gasteiger partial charge in [-0.1, -0.05) is 19.9 Å². The van der Waals surface area contributed by atoms with Crippen LogP contribution in [0, 0.1) is 23.0 Å². The van der Waals surface area contributed by atoms with Gasteiger partial charge in [0.1, 0.15) is 0 Å². The van der Waals surface area contributed by atoms with E-state index in [0.29, 0.717) is 17.9 Å². The standard InChI is InChI=1S/C14H20N2O4/c1-9(2)7-11(8-17)15-14(18)12-5-4-6-13(10(12)3)16(19)20/h4-6,9,11,17H,7-8H2,1-3H3,(H,15,18). The number of benzene rings is 1. The summed E-state index contributed by atoms with van der Waals surface area (Å²) in [5, 5.41) is 22.8. The van der Waals surface area contributed by atoms with Crippen molar-refractivity contribution in [3.8, 4) is 0 Å². The highest BCUT2D eigenvalue weighted by atomic mass is 16.6. The number of rotatable bonds is 6. The van der Waals surface area contributed by atoms with E-state index < -0.39 is 10.8 Å². The molecule has 0 spiro atoms. The normalized spacial score (nSPS) is 12.2. The Hall–Kier alpha value is -1.95. The molecule has 0 saturated carbocycles. The van der Waals surface area contributed by atoms with Crippen LogP contribution in [0.25, 0.3) is 0 Å². The molecule has 0 aliphatic rings. The van der Waals surface area contributed by atoms with Crippen LogP contribution in [0.3, 0.4) is 0 Å². The summed E-state index contributed by atoms with van der Waals surface area (Å²) < 4.78 is 0. The molecule has 0 aromatic heterocycles. The highest BCUT2D eigenvalue weighted by molar-refractivity contribution is 5.96. The van der Waals surface area contributed by atoms with Crippen molar-refractivity contribution in [3.63, 3.8) is 0 Å². The van der Waals surface area contributed by atoms with Gasteiger partial charge in [-0.15, -0.1) is 0 Å². The third-order valence-corrected chi connectivity index (χ3v) is 3.06. The summed E-state index contributed by atoms with van der Waals surface area (Å²) in [5.41, 5.74) is 0.514. The van der Waals surface area contributed by atoms with Gasteiger partial charge >= 0.3 is 0 Å². The second-order valence-electron chi connectivity index (χ2n) is 5.19. The average molecular weight is 280 g/mol. The van der Waals surface area contributed by atoms with Gasteiger partial charge in [-0.25, -0.2) is 0 Å². The van der Waals surface area contributed by atoms with Gasteiger partial charge in [0.05, 0.1) is 17.6 Å². The predicted octanol–water partition coefficient (Wildman–Crippen LogP) is 2.04. The van der Waals surface area contributed by atoms with Crippen molar-refractivity contribution in [1.29, 1.82) is 0 Å². The molecule has 110 valence electrons. The third-order valence-electron chi connectivity index (χ3n) is 3.06. The van der Waals surface area contributed by atoms with E-state index in [1.165, 1.54) is 12.1 Å². The van der Waals surface area contributed by atoms with Crippen LogP contribution in [-0.2, 0) is 0 Å². The zero-order chi connectivity index (χ0) is 15.3. The maximum absolute atomic E-state index is 12.1. The van der Waals surface area contributed by atoms with E-state index in [1.807, 2.05) is 13.8 Å². The van der Waals surface area contributed by atoms with Crippen LogP contribution in [0.1, 0.15) is 36.2 Å². The molecule has 6 nitrogen and oxygen atoms in total. The summed E-state index contributed by atoms with van der Waals surface area (Å²) in [6, 6.07) is 4.04. The lowest BCUT2D eigenvalue weighted by atomic mass is 10.0. The first-order valence-electron chi connectivity index (χ1n) is 6.52. The number of nitro benzene ring substituents is 1. The fourth-order valence-corrected chi connectivity index (χ4v) is 2.08. The van der Waals surface area contributed by atoms with Crippen LogP contribution in [-0.4, -0.2) is 28.6 Å². The molecule has 1 aromatic rings. The Balaban J connectivity index is 2.92. The van der Waals surface area contributed by atoms with Crippen molar-refractivity contribution in [2.45, 2.75) is 33.2 Å². The van der Waals surface area contributed by atoms with Crippen molar-refractivity contribution in [2.75, 3.05) is 6.61 Å². The molecule has 0 saturated heterocycles. The molecule has 6 heteroatoms. The van der Waals surface area contributed by atoms with Crippen LogP contribution >= 0.6 is 0 Å². The molecular weight excluding hydrogens is 260 g/mol. The van der Waals surface area contributed by atoms with Crippen LogP contribution < -0.4 is 5.32 Å². The number of carbonyl (C=O) groups excluding carboxylic acids is 1. The van der Waals surface area contributed by atoms with Crippen molar-refractivity contribution in [1.82, 2.24) is 5.32 Å². The number of nitrogens with zero attached hydrogens (tertiary/aromatic N) is 1. The molecule has 0 fully saturated rings. The Bertz CT molecular complexity index is 500. The number of hydrogen-bond acceptors (Lipinski definition) is 4. The smallest absolute Gasteiger partial charge is 0.273 e. The summed E-state index contributed by atoms with van der Waals surface area (Å²) in [6.45, 7) is 5.38. The van der Waals surface area contributed by atoms with E-state index in [2.05, 4.69) is 5.32 Å². The van der Waals surface area contributed by atoms with E-state index in [0.717, 1.165) is 0 Å². The summed E-state index contributed by atoms with van der Waals surface area (Å²) in [7, 11) is 0. The molecule has 2 N–H and O–H groups in total. The van der Waals surface area contributed by atoms with E-state index in [-0.39, 0.29) is 23.9 Å². The molecule has 20 heavy (non-hydrogen) atoms. The molecule has 1 rings (SSSR count). The zero-order valence-electron chi connectivity index (χ0n) is 11.9. The van der Waals surface area contributed by atoms with Crippen molar-refractivity contribution in [3.05, 3.63) is 39.4 Å². The highest BCUT2D eigenvalue weighted by Gasteiger charge is 2.20. The highest BCUT2D eigenvalue weighted by Crippen LogP contribution is 2.21. The van der Waals surface area contributed by atoms with Gasteiger partial charge in [0, 0.05) is 17.2 Å². The van der Waals surface area contributed by atoms with Gasteiger partial charge in [-0.05, 0) is 25.3 Å². The molecule has 0 aliphatic heterocycles. The molecule has 0 radical (unpaired) electrons. The maximum Gasteiger partial charge on any atom is 0.273 e. The zero-order valence-corrected chi connectivity index (χ0v) is 11.9. The topological polar surface area (TPSA) is 92.5 Å². The van der Waals surface area contributed by atoms with Gasteiger partial charge in [-0.3, -0.25) is 14.9 Å². The molecular formula is C14H20N2O4. The monoisotopic (exact) mass is 280 g/mol. The summed E-state index contributed by atoms with van der Waals surface area (Å²) in [5.74, 6) is -0.0652. The van der Waals surface area contributed by atoms with Gasteiger partial charge in [0.25, 0.3) is 11.6 Å². The molecule has 0 bridgehead atoms. The molecule has 1 atom stereocenters. The van der Waals surface area contributed by atoms with Crippen LogP contribution in [0.4, 0.5) is 5.69 Å². The fraction of sp³-hybridized carbons (Fsp3) is 0.500. The molecule has 0 aliphatic carbocycles. The van der Waals surface area contributed by atoms with E-state index in [1.54, 1.807) is 13.0 Å². The Morgan fingerprint density at radius 2 is 2.10 bits per heavy atom. The first-order chi connectivity index (χ1) is 9.36. The van der Waals surface area contributed by atoms with Crippen LogP contribution in [0.2, 0.25) is 0 Å². The third kappa shape index (κ3) is 4.03. The Labute approximate surface area is 118 Å². The second kappa shape index (κ2) is 7.00. The van der Waals surface area contributed by atoms with Gasteiger partial charge in [0.15, 0.2) is 0 Å². The molecule has 0 heterocycles. The largest absolute Gasteiger partial charge is 0.394 e. The number of nitrogens with one attached hydrogen (secondary N) is 1. The maximum atomic E-state index is 12.1. The Morgan fingerprint density at radius 1 is 1.45 bits per heavy atom.